The van der Waals surface area contributed by atoms with Gasteiger partial charge in [-0.15, -0.1) is 0 Å². The van der Waals surface area contributed by atoms with Gasteiger partial charge in [0.2, 0.25) is 5.91 Å². The molecule has 2 heterocycles. The van der Waals surface area contributed by atoms with Gasteiger partial charge < -0.3 is 15.1 Å². The Hall–Kier alpha value is -3.67. The maximum atomic E-state index is 15.0. The van der Waals surface area contributed by atoms with Gasteiger partial charge in [0, 0.05) is 31.0 Å². The van der Waals surface area contributed by atoms with Gasteiger partial charge in [-0.3, -0.25) is 9.59 Å². The van der Waals surface area contributed by atoms with Crippen molar-refractivity contribution >= 4 is 23.2 Å². The third kappa shape index (κ3) is 6.32. The quantitative estimate of drug-likeness (QED) is 0.352. The molecule has 1 N–H and O–H groups in total. The number of hydrogen-bond donors (Lipinski definition) is 1. The lowest BCUT2D eigenvalue weighted by molar-refractivity contribution is -0.123. The van der Waals surface area contributed by atoms with Crippen molar-refractivity contribution in [2.24, 2.45) is 5.92 Å². The number of likely N-dealkylation sites (tertiary alicyclic amines) is 1. The van der Waals surface area contributed by atoms with Gasteiger partial charge in [0.15, 0.2) is 0 Å². The minimum Gasteiger partial charge on any atom is -0.372 e. The van der Waals surface area contributed by atoms with Crippen LogP contribution in [0.4, 0.5) is 15.8 Å². The number of halogens is 1. The zero-order chi connectivity index (χ0) is 29.1. The molecular formula is C35H42FN3O2. The molecular weight excluding hydrogens is 513 g/mol. The summed E-state index contributed by atoms with van der Waals surface area (Å²) in [5, 5.41) is 3.15. The molecule has 5 nitrogen and oxygen atoms in total. The second kappa shape index (κ2) is 12.1. The van der Waals surface area contributed by atoms with Gasteiger partial charge in [0.25, 0.3) is 5.91 Å². The second-order valence-electron chi connectivity index (χ2n) is 12.6. The van der Waals surface area contributed by atoms with Gasteiger partial charge in [-0.05, 0) is 91.5 Å². The number of amides is 2. The van der Waals surface area contributed by atoms with E-state index < -0.39 is 17.8 Å². The number of nitrogens with one attached hydrogen (secondary N) is 1. The number of carbonyl (C=O) groups is 2. The lowest BCUT2D eigenvalue weighted by Crippen LogP contribution is -2.46. The zero-order valence-electron chi connectivity index (χ0n) is 24.8. The fourth-order valence-electron chi connectivity index (χ4n) is 6.29. The highest BCUT2D eigenvalue weighted by atomic mass is 19.1. The standard InChI is InChI=1S/C35H42FN3O2/c1-24-11-8-15-30(36)31(24)34(41)39-22-10-14-29(33(40)37-27-13-9-12-26(23-27)35(2,3)4)32(39)25-16-18-28(19-17-25)38-20-6-5-7-21-38/h8-9,11-13,15-19,23,29,32H,5-7,10,14,20-22H2,1-4H3,(H,37,40)/t29-,32-/m0/s1. The van der Waals surface area contributed by atoms with Gasteiger partial charge in [0.05, 0.1) is 17.5 Å². The maximum Gasteiger partial charge on any atom is 0.257 e. The number of anilines is 2. The molecule has 0 spiro atoms. The monoisotopic (exact) mass is 555 g/mol. The van der Waals surface area contributed by atoms with Crippen LogP contribution >= 0.6 is 0 Å². The molecule has 0 aromatic heterocycles. The summed E-state index contributed by atoms with van der Waals surface area (Å²) in [5.74, 6) is -1.49. The molecule has 0 bridgehead atoms. The van der Waals surface area contributed by atoms with Crippen molar-refractivity contribution in [1.29, 1.82) is 0 Å². The lowest BCUT2D eigenvalue weighted by Gasteiger charge is -2.41. The van der Waals surface area contributed by atoms with Crippen LogP contribution in [-0.2, 0) is 10.2 Å². The van der Waals surface area contributed by atoms with E-state index in [1.165, 1.54) is 25.3 Å². The minimum absolute atomic E-state index is 0.0505. The van der Waals surface area contributed by atoms with Crippen LogP contribution in [0, 0.1) is 18.7 Å². The fraction of sp³-hybridized carbons (Fsp3) is 0.429. The Balaban J connectivity index is 1.49. The highest BCUT2D eigenvalue weighted by molar-refractivity contribution is 5.98. The Bertz CT molecular complexity index is 1370. The van der Waals surface area contributed by atoms with Gasteiger partial charge in [-0.1, -0.05) is 57.2 Å². The van der Waals surface area contributed by atoms with E-state index >= 15 is 0 Å². The van der Waals surface area contributed by atoms with Crippen LogP contribution < -0.4 is 10.2 Å². The first kappa shape index (κ1) is 28.8. The van der Waals surface area contributed by atoms with Gasteiger partial charge in [-0.2, -0.15) is 0 Å². The average Bonchev–Trinajstić information content (AvgIpc) is 2.97. The van der Waals surface area contributed by atoms with E-state index in [0.717, 1.165) is 35.6 Å². The van der Waals surface area contributed by atoms with E-state index in [4.69, 9.17) is 0 Å². The van der Waals surface area contributed by atoms with E-state index in [9.17, 15) is 14.0 Å². The van der Waals surface area contributed by atoms with Crippen molar-refractivity contribution in [1.82, 2.24) is 4.90 Å². The molecule has 41 heavy (non-hydrogen) atoms. The predicted molar refractivity (Wildman–Crippen MR) is 164 cm³/mol. The normalized spacial score (nSPS) is 19.6. The summed E-state index contributed by atoms with van der Waals surface area (Å²) < 4.78 is 15.0. The van der Waals surface area contributed by atoms with Crippen molar-refractivity contribution in [3.8, 4) is 0 Å². The molecule has 5 rings (SSSR count). The topological polar surface area (TPSA) is 52.7 Å². The van der Waals surface area contributed by atoms with E-state index in [1.54, 1.807) is 24.0 Å². The molecule has 6 heteroatoms. The summed E-state index contributed by atoms with van der Waals surface area (Å²) in [6, 6.07) is 20.5. The molecule has 0 radical (unpaired) electrons. The average molecular weight is 556 g/mol. The van der Waals surface area contributed by atoms with E-state index in [1.807, 2.05) is 18.2 Å². The third-order valence-electron chi connectivity index (χ3n) is 8.62. The molecule has 2 saturated heterocycles. The third-order valence-corrected chi connectivity index (χ3v) is 8.62. The number of nitrogens with zero attached hydrogens (tertiary/aromatic N) is 2. The van der Waals surface area contributed by atoms with Crippen LogP contribution in [0.1, 0.15) is 86.0 Å². The van der Waals surface area contributed by atoms with Crippen molar-refractivity contribution in [3.63, 3.8) is 0 Å². The Morgan fingerprint density at radius 1 is 0.878 bits per heavy atom. The maximum absolute atomic E-state index is 15.0. The Morgan fingerprint density at radius 3 is 2.27 bits per heavy atom. The molecule has 2 aliphatic rings. The summed E-state index contributed by atoms with van der Waals surface area (Å²) >= 11 is 0. The fourth-order valence-corrected chi connectivity index (χ4v) is 6.29. The van der Waals surface area contributed by atoms with Crippen molar-refractivity contribution in [2.45, 2.75) is 71.3 Å². The number of benzene rings is 3. The smallest absolute Gasteiger partial charge is 0.257 e. The van der Waals surface area contributed by atoms with Gasteiger partial charge in [0.1, 0.15) is 5.82 Å². The molecule has 2 amide bonds. The molecule has 2 fully saturated rings. The number of carbonyl (C=O) groups excluding carboxylic acids is 2. The van der Waals surface area contributed by atoms with Crippen LogP contribution in [0.3, 0.4) is 0 Å². The Kier molecular flexibility index (Phi) is 8.48. The first-order valence-electron chi connectivity index (χ1n) is 15.0. The molecule has 3 aromatic carbocycles. The van der Waals surface area contributed by atoms with Crippen LogP contribution in [0.15, 0.2) is 66.7 Å². The first-order chi connectivity index (χ1) is 19.6. The largest absolute Gasteiger partial charge is 0.372 e. The Labute approximate surface area is 243 Å². The van der Waals surface area contributed by atoms with Crippen molar-refractivity contribution in [3.05, 3.63) is 94.8 Å². The van der Waals surface area contributed by atoms with Gasteiger partial charge >= 0.3 is 0 Å². The number of piperidine rings is 2. The summed E-state index contributed by atoms with van der Waals surface area (Å²) in [5.41, 5.74) is 4.57. The van der Waals surface area contributed by atoms with Crippen molar-refractivity contribution < 1.29 is 14.0 Å². The van der Waals surface area contributed by atoms with Crippen LogP contribution in [-0.4, -0.2) is 36.3 Å². The molecule has 0 aliphatic carbocycles. The van der Waals surface area contributed by atoms with E-state index in [-0.39, 0.29) is 22.8 Å². The minimum atomic E-state index is -0.528. The molecule has 3 aromatic rings. The van der Waals surface area contributed by atoms with Crippen molar-refractivity contribution in [2.75, 3.05) is 29.9 Å². The predicted octanol–water partition coefficient (Wildman–Crippen LogP) is 7.65. The summed E-state index contributed by atoms with van der Waals surface area (Å²) in [6.45, 7) is 10.7. The number of hydrogen-bond acceptors (Lipinski definition) is 3. The van der Waals surface area contributed by atoms with E-state index in [0.29, 0.717) is 24.9 Å². The highest BCUT2D eigenvalue weighted by Crippen LogP contribution is 2.39. The number of aryl methyl sites for hydroxylation is 1. The van der Waals surface area contributed by atoms with Crippen LogP contribution in [0.25, 0.3) is 0 Å². The lowest BCUT2D eigenvalue weighted by atomic mass is 9.83. The molecule has 2 atom stereocenters. The summed E-state index contributed by atoms with van der Waals surface area (Å²) in [4.78, 5) is 32.0. The first-order valence-corrected chi connectivity index (χ1v) is 15.0. The molecule has 216 valence electrons. The molecule has 0 unspecified atom stereocenters. The second-order valence-corrected chi connectivity index (χ2v) is 12.6. The van der Waals surface area contributed by atoms with Crippen LogP contribution in [0.5, 0.6) is 0 Å². The Morgan fingerprint density at radius 2 is 1.59 bits per heavy atom. The van der Waals surface area contributed by atoms with Gasteiger partial charge in [-0.25, -0.2) is 4.39 Å². The number of rotatable bonds is 5. The SMILES string of the molecule is Cc1cccc(F)c1C(=O)N1CCC[C@H](C(=O)Nc2cccc(C(C)(C)C)c2)[C@@H]1c1ccc(N2CCCCC2)cc1. The summed E-state index contributed by atoms with van der Waals surface area (Å²) in [7, 11) is 0. The highest BCUT2D eigenvalue weighted by Gasteiger charge is 2.40. The molecule has 2 aliphatic heterocycles. The molecule has 0 saturated carbocycles. The summed E-state index contributed by atoms with van der Waals surface area (Å²) in [6.07, 6.45) is 4.95. The van der Waals surface area contributed by atoms with E-state index in [2.05, 4.69) is 61.3 Å². The van der Waals surface area contributed by atoms with Crippen LogP contribution in [0.2, 0.25) is 0 Å². The zero-order valence-corrected chi connectivity index (χ0v) is 24.8.